The first-order valence-electron chi connectivity index (χ1n) is 5.27. The monoisotopic (exact) mass is 193 g/mol. The number of aromatic nitrogens is 2. The Morgan fingerprint density at radius 1 is 1.43 bits per heavy atom. The van der Waals surface area contributed by atoms with Crippen LogP contribution in [0, 0.1) is 0 Å². The molecule has 1 fully saturated rings. The SMILES string of the molecule is NC1(c2cn3c(n2)OCC3)CCCC1. The molecule has 76 valence electrons. The van der Waals surface area contributed by atoms with E-state index >= 15 is 0 Å². The number of hydrogen-bond donors (Lipinski definition) is 1. The molecule has 14 heavy (non-hydrogen) atoms. The lowest BCUT2D eigenvalue weighted by atomic mass is 9.96. The molecule has 0 unspecified atom stereocenters. The zero-order valence-electron chi connectivity index (χ0n) is 8.20. The van der Waals surface area contributed by atoms with E-state index in [0.29, 0.717) is 0 Å². The molecule has 0 atom stereocenters. The summed E-state index contributed by atoms with van der Waals surface area (Å²) in [7, 11) is 0. The van der Waals surface area contributed by atoms with Crippen molar-refractivity contribution < 1.29 is 4.74 Å². The van der Waals surface area contributed by atoms with Gasteiger partial charge in [0, 0.05) is 6.20 Å². The highest BCUT2D eigenvalue weighted by Gasteiger charge is 2.35. The fourth-order valence-electron chi connectivity index (χ4n) is 2.41. The van der Waals surface area contributed by atoms with Gasteiger partial charge in [-0.25, -0.2) is 0 Å². The summed E-state index contributed by atoms with van der Waals surface area (Å²) < 4.78 is 7.44. The van der Waals surface area contributed by atoms with Gasteiger partial charge in [0.15, 0.2) is 0 Å². The van der Waals surface area contributed by atoms with Crippen molar-refractivity contribution in [3.63, 3.8) is 0 Å². The second kappa shape index (κ2) is 2.73. The third-order valence-corrected chi connectivity index (χ3v) is 3.31. The maximum atomic E-state index is 6.31. The predicted molar refractivity (Wildman–Crippen MR) is 52.1 cm³/mol. The zero-order chi connectivity index (χ0) is 9.60. The van der Waals surface area contributed by atoms with Crippen LogP contribution in [0.25, 0.3) is 0 Å². The summed E-state index contributed by atoms with van der Waals surface area (Å²) in [4.78, 5) is 4.46. The van der Waals surface area contributed by atoms with E-state index in [2.05, 4.69) is 15.7 Å². The Labute approximate surface area is 83.1 Å². The fourth-order valence-corrected chi connectivity index (χ4v) is 2.41. The molecule has 0 saturated heterocycles. The molecule has 1 aromatic rings. The molecule has 0 aromatic carbocycles. The Morgan fingerprint density at radius 2 is 2.21 bits per heavy atom. The van der Waals surface area contributed by atoms with E-state index < -0.39 is 0 Å². The molecule has 3 rings (SSSR count). The standard InChI is InChI=1S/C10H15N3O/c11-10(3-1-2-4-10)8-7-13-5-6-14-9(13)12-8/h7H,1-6,11H2. The smallest absolute Gasteiger partial charge is 0.296 e. The predicted octanol–water partition coefficient (Wildman–Crippen LogP) is 1.00. The quantitative estimate of drug-likeness (QED) is 0.724. The maximum Gasteiger partial charge on any atom is 0.296 e. The first-order chi connectivity index (χ1) is 6.78. The van der Waals surface area contributed by atoms with E-state index in [-0.39, 0.29) is 5.54 Å². The van der Waals surface area contributed by atoms with Crippen LogP contribution in [0.1, 0.15) is 31.4 Å². The highest BCUT2D eigenvalue weighted by atomic mass is 16.5. The first-order valence-corrected chi connectivity index (χ1v) is 5.27. The molecule has 4 nitrogen and oxygen atoms in total. The Morgan fingerprint density at radius 3 is 2.93 bits per heavy atom. The molecule has 0 radical (unpaired) electrons. The van der Waals surface area contributed by atoms with Gasteiger partial charge in [0.2, 0.25) is 0 Å². The van der Waals surface area contributed by atoms with Gasteiger partial charge in [0.25, 0.3) is 6.01 Å². The van der Waals surface area contributed by atoms with Crippen molar-refractivity contribution in [1.29, 1.82) is 0 Å². The second-order valence-corrected chi connectivity index (χ2v) is 4.31. The first kappa shape index (κ1) is 8.29. The molecule has 4 heteroatoms. The average molecular weight is 193 g/mol. The molecule has 0 spiro atoms. The zero-order valence-corrected chi connectivity index (χ0v) is 8.20. The Kier molecular flexibility index (Phi) is 1.62. The van der Waals surface area contributed by atoms with Gasteiger partial charge in [-0.2, -0.15) is 4.98 Å². The Bertz CT molecular complexity index is 331. The third-order valence-electron chi connectivity index (χ3n) is 3.31. The van der Waals surface area contributed by atoms with Gasteiger partial charge in [-0.05, 0) is 12.8 Å². The van der Waals surface area contributed by atoms with Crippen molar-refractivity contribution in [2.45, 2.75) is 37.8 Å². The van der Waals surface area contributed by atoms with Crippen molar-refractivity contribution in [2.24, 2.45) is 5.73 Å². The van der Waals surface area contributed by atoms with Crippen LogP contribution >= 0.6 is 0 Å². The summed E-state index contributed by atoms with van der Waals surface area (Å²) in [5, 5.41) is 0. The summed E-state index contributed by atoms with van der Waals surface area (Å²) in [5.41, 5.74) is 7.15. The van der Waals surface area contributed by atoms with E-state index in [1.54, 1.807) is 0 Å². The molecule has 0 bridgehead atoms. The summed E-state index contributed by atoms with van der Waals surface area (Å²) in [6.07, 6.45) is 6.62. The lowest BCUT2D eigenvalue weighted by molar-refractivity contribution is 0.339. The van der Waals surface area contributed by atoms with E-state index in [1.165, 1.54) is 12.8 Å². The summed E-state index contributed by atoms with van der Waals surface area (Å²) >= 11 is 0. The topological polar surface area (TPSA) is 53.1 Å². The van der Waals surface area contributed by atoms with Crippen molar-refractivity contribution in [2.75, 3.05) is 6.61 Å². The molecule has 2 aliphatic rings. The van der Waals surface area contributed by atoms with Crippen LogP contribution in [0.15, 0.2) is 6.20 Å². The van der Waals surface area contributed by atoms with Crippen LogP contribution < -0.4 is 10.5 Å². The Balaban J connectivity index is 1.96. The normalized spacial score (nSPS) is 23.5. The third kappa shape index (κ3) is 1.07. The minimum absolute atomic E-state index is 0.180. The highest BCUT2D eigenvalue weighted by molar-refractivity contribution is 5.20. The Hall–Kier alpha value is -1.03. The van der Waals surface area contributed by atoms with Gasteiger partial charge in [-0.3, -0.25) is 4.57 Å². The number of imidazole rings is 1. The van der Waals surface area contributed by atoms with Crippen LogP contribution in [0.4, 0.5) is 0 Å². The molecular formula is C10H15N3O. The van der Waals surface area contributed by atoms with Crippen LogP contribution in [0.3, 0.4) is 0 Å². The lowest BCUT2D eigenvalue weighted by Gasteiger charge is -2.20. The van der Waals surface area contributed by atoms with Crippen molar-refractivity contribution >= 4 is 0 Å². The molecular weight excluding hydrogens is 178 g/mol. The minimum Gasteiger partial charge on any atom is -0.463 e. The van der Waals surface area contributed by atoms with Gasteiger partial charge in [0.1, 0.15) is 6.61 Å². The van der Waals surface area contributed by atoms with Crippen molar-refractivity contribution in [1.82, 2.24) is 9.55 Å². The average Bonchev–Trinajstić information content (AvgIpc) is 2.75. The number of hydrogen-bond acceptors (Lipinski definition) is 3. The number of rotatable bonds is 1. The highest BCUT2D eigenvalue weighted by Crippen LogP contribution is 2.36. The van der Waals surface area contributed by atoms with Crippen LogP contribution in [0.5, 0.6) is 6.01 Å². The molecule has 2 heterocycles. The molecule has 1 aliphatic carbocycles. The van der Waals surface area contributed by atoms with Gasteiger partial charge >= 0.3 is 0 Å². The fraction of sp³-hybridized carbons (Fsp3) is 0.700. The number of ether oxygens (including phenoxy) is 1. The molecule has 2 N–H and O–H groups in total. The van der Waals surface area contributed by atoms with E-state index in [4.69, 9.17) is 10.5 Å². The largest absolute Gasteiger partial charge is 0.463 e. The summed E-state index contributed by atoms with van der Waals surface area (Å²) in [5.74, 6) is 0. The second-order valence-electron chi connectivity index (χ2n) is 4.31. The summed E-state index contributed by atoms with van der Waals surface area (Å²) in [6, 6.07) is 0.747. The summed E-state index contributed by atoms with van der Waals surface area (Å²) in [6.45, 7) is 1.67. The van der Waals surface area contributed by atoms with Crippen molar-refractivity contribution in [3.05, 3.63) is 11.9 Å². The number of fused-ring (bicyclic) bond motifs is 1. The van der Waals surface area contributed by atoms with Crippen LogP contribution in [0.2, 0.25) is 0 Å². The van der Waals surface area contributed by atoms with Crippen LogP contribution in [-0.4, -0.2) is 16.2 Å². The van der Waals surface area contributed by atoms with E-state index in [0.717, 1.165) is 37.7 Å². The molecule has 1 saturated carbocycles. The van der Waals surface area contributed by atoms with E-state index in [9.17, 15) is 0 Å². The minimum atomic E-state index is -0.180. The number of nitrogens with zero attached hydrogens (tertiary/aromatic N) is 2. The molecule has 1 aliphatic heterocycles. The number of nitrogens with two attached hydrogens (primary N) is 1. The molecule has 0 amide bonds. The molecule has 1 aromatic heterocycles. The van der Waals surface area contributed by atoms with Crippen molar-refractivity contribution in [3.8, 4) is 6.01 Å². The van der Waals surface area contributed by atoms with Gasteiger partial charge < -0.3 is 10.5 Å². The lowest BCUT2D eigenvalue weighted by Crippen LogP contribution is -2.33. The van der Waals surface area contributed by atoms with Crippen LogP contribution in [-0.2, 0) is 12.1 Å². The van der Waals surface area contributed by atoms with Gasteiger partial charge in [-0.15, -0.1) is 0 Å². The van der Waals surface area contributed by atoms with E-state index in [1.807, 2.05) is 0 Å². The van der Waals surface area contributed by atoms with Gasteiger partial charge in [0.05, 0.1) is 17.8 Å². The van der Waals surface area contributed by atoms with Gasteiger partial charge in [-0.1, -0.05) is 12.8 Å². The maximum absolute atomic E-state index is 6.31.